The number of benzene rings is 1. The summed E-state index contributed by atoms with van der Waals surface area (Å²) < 4.78 is 0. The summed E-state index contributed by atoms with van der Waals surface area (Å²) in [5.74, 6) is 2.24. The zero-order chi connectivity index (χ0) is 12.5. The second kappa shape index (κ2) is 4.63. The highest BCUT2D eigenvalue weighted by Crippen LogP contribution is 2.48. The van der Waals surface area contributed by atoms with E-state index >= 15 is 0 Å². The quantitative estimate of drug-likeness (QED) is 0.837. The summed E-state index contributed by atoms with van der Waals surface area (Å²) in [5.41, 5.74) is 0.378. The van der Waals surface area contributed by atoms with E-state index in [9.17, 15) is 9.90 Å². The maximum Gasteiger partial charge on any atom is 0.255 e. The molecule has 1 aromatic carbocycles. The summed E-state index contributed by atoms with van der Waals surface area (Å²) in [6.45, 7) is 0.766. The molecule has 96 valence electrons. The monoisotopic (exact) mass is 245 g/mol. The van der Waals surface area contributed by atoms with Crippen LogP contribution in [0.5, 0.6) is 5.75 Å². The summed E-state index contributed by atoms with van der Waals surface area (Å²) in [5, 5.41) is 12.6. The van der Waals surface area contributed by atoms with Crippen LogP contribution in [-0.4, -0.2) is 17.6 Å². The van der Waals surface area contributed by atoms with Crippen molar-refractivity contribution in [2.24, 2.45) is 17.8 Å². The fraction of sp³-hybridized carbons (Fsp3) is 0.533. The van der Waals surface area contributed by atoms with Gasteiger partial charge in [-0.05, 0) is 55.6 Å². The number of carbonyl (C=O) groups is 1. The Balaban J connectivity index is 1.59. The molecule has 0 radical (unpaired) electrons. The van der Waals surface area contributed by atoms with Crippen molar-refractivity contribution in [3.63, 3.8) is 0 Å². The summed E-state index contributed by atoms with van der Waals surface area (Å²) in [4.78, 5) is 12.0. The Kier molecular flexibility index (Phi) is 2.98. The Morgan fingerprint density at radius 3 is 2.39 bits per heavy atom. The fourth-order valence-electron chi connectivity index (χ4n) is 2.74. The molecular formula is C15H19NO2. The molecule has 2 fully saturated rings. The number of carbonyl (C=O) groups excluding carboxylic acids is 1. The van der Waals surface area contributed by atoms with Gasteiger partial charge in [0.2, 0.25) is 0 Å². The highest BCUT2D eigenvalue weighted by molar-refractivity contribution is 5.96. The normalized spacial score (nSPS) is 18.9. The van der Waals surface area contributed by atoms with Crippen LogP contribution < -0.4 is 5.32 Å². The molecule has 0 bridgehead atoms. The molecule has 2 aliphatic rings. The van der Waals surface area contributed by atoms with E-state index in [2.05, 4.69) is 5.32 Å². The number of aromatic hydroxyl groups is 1. The Hall–Kier alpha value is -1.51. The molecule has 3 heteroatoms. The minimum atomic E-state index is -0.153. The smallest absolute Gasteiger partial charge is 0.255 e. The van der Waals surface area contributed by atoms with Crippen LogP contribution in [0.3, 0.4) is 0 Å². The van der Waals surface area contributed by atoms with Crippen LogP contribution in [0.25, 0.3) is 0 Å². The lowest BCUT2D eigenvalue weighted by molar-refractivity contribution is 0.0940. The second-order valence-corrected chi connectivity index (χ2v) is 5.57. The van der Waals surface area contributed by atoms with E-state index in [4.69, 9.17) is 0 Å². The molecule has 0 atom stereocenters. The number of phenolic OH excluding ortho intramolecular Hbond substituents is 1. The third-order valence-corrected chi connectivity index (χ3v) is 4.10. The van der Waals surface area contributed by atoms with Crippen molar-refractivity contribution < 1.29 is 9.90 Å². The van der Waals surface area contributed by atoms with Gasteiger partial charge in [0.15, 0.2) is 0 Å². The fourth-order valence-corrected chi connectivity index (χ4v) is 2.74. The van der Waals surface area contributed by atoms with E-state index in [1.807, 2.05) is 0 Å². The number of phenols is 1. The van der Waals surface area contributed by atoms with Gasteiger partial charge in [0.25, 0.3) is 5.91 Å². The first kappa shape index (κ1) is 11.6. The standard InChI is InChI=1S/C15H19NO2/c17-14-4-2-1-3-12(14)15(18)16-9-13(10-5-6-10)11-7-8-11/h1-4,10-11,13,17H,5-9H2,(H,16,18). The largest absolute Gasteiger partial charge is 0.507 e. The van der Waals surface area contributed by atoms with Crippen LogP contribution >= 0.6 is 0 Å². The van der Waals surface area contributed by atoms with Gasteiger partial charge in [-0.15, -0.1) is 0 Å². The van der Waals surface area contributed by atoms with E-state index in [1.165, 1.54) is 25.7 Å². The minimum absolute atomic E-state index is 0.0596. The topological polar surface area (TPSA) is 49.3 Å². The average molecular weight is 245 g/mol. The molecule has 2 aliphatic carbocycles. The zero-order valence-corrected chi connectivity index (χ0v) is 10.4. The molecule has 2 N–H and O–H groups in total. The lowest BCUT2D eigenvalue weighted by atomic mass is 9.98. The number of nitrogens with one attached hydrogen (secondary N) is 1. The second-order valence-electron chi connectivity index (χ2n) is 5.57. The molecule has 0 unspecified atom stereocenters. The predicted molar refractivity (Wildman–Crippen MR) is 69.4 cm³/mol. The molecule has 0 saturated heterocycles. The average Bonchev–Trinajstić information content (AvgIpc) is 3.24. The first-order chi connectivity index (χ1) is 8.75. The van der Waals surface area contributed by atoms with Crippen LogP contribution in [-0.2, 0) is 0 Å². The third-order valence-electron chi connectivity index (χ3n) is 4.10. The number of para-hydroxylation sites is 1. The van der Waals surface area contributed by atoms with E-state index in [0.29, 0.717) is 11.5 Å². The maximum atomic E-state index is 12.0. The van der Waals surface area contributed by atoms with Gasteiger partial charge in [0.1, 0.15) is 5.75 Å². The molecule has 0 spiro atoms. The highest BCUT2D eigenvalue weighted by atomic mass is 16.3. The minimum Gasteiger partial charge on any atom is -0.507 e. The Morgan fingerprint density at radius 1 is 1.22 bits per heavy atom. The first-order valence-corrected chi connectivity index (χ1v) is 6.82. The molecule has 2 saturated carbocycles. The Labute approximate surface area is 107 Å². The summed E-state index contributed by atoms with van der Waals surface area (Å²) in [7, 11) is 0. The van der Waals surface area contributed by atoms with Crippen molar-refractivity contribution in [2.45, 2.75) is 25.7 Å². The van der Waals surface area contributed by atoms with Crippen LogP contribution in [0.1, 0.15) is 36.0 Å². The van der Waals surface area contributed by atoms with E-state index in [1.54, 1.807) is 24.3 Å². The molecule has 0 heterocycles. The van der Waals surface area contributed by atoms with Crippen molar-refractivity contribution in [1.29, 1.82) is 0 Å². The van der Waals surface area contributed by atoms with Gasteiger partial charge < -0.3 is 10.4 Å². The van der Waals surface area contributed by atoms with Gasteiger partial charge in [0, 0.05) is 6.54 Å². The van der Waals surface area contributed by atoms with Crippen molar-refractivity contribution in [2.75, 3.05) is 6.54 Å². The van der Waals surface area contributed by atoms with Crippen molar-refractivity contribution in [3.05, 3.63) is 29.8 Å². The van der Waals surface area contributed by atoms with E-state index in [0.717, 1.165) is 18.4 Å². The summed E-state index contributed by atoms with van der Waals surface area (Å²) in [6, 6.07) is 6.71. The van der Waals surface area contributed by atoms with Crippen LogP contribution in [0.4, 0.5) is 0 Å². The number of hydrogen-bond donors (Lipinski definition) is 2. The lowest BCUT2D eigenvalue weighted by Gasteiger charge is -2.16. The van der Waals surface area contributed by atoms with Gasteiger partial charge in [-0.3, -0.25) is 4.79 Å². The maximum absolute atomic E-state index is 12.0. The van der Waals surface area contributed by atoms with Gasteiger partial charge in [-0.1, -0.05) is 12.1 Å². The van der Waals surface area contributed by atoms with E-state index in [-0.39, 0.29) is 11.7 Å². The Bertz CT molecular complexity index is 438. The van der Waals surface area contributed by atoms with E-state index < -0.39 is 0 Å². The molecule has 0 aliphatic heterocycles. The van der Waals surface area contributed by atoms with Gasteiger partial charge in [-0.2, -0.15) is 0 Å². The van der Waals surface area contributed by atoms with Crippen molar-refractivity contribution >= 4 is 5.91 Å². The molecule has 3 rings (SSSR count). The van der Waals surface area contributed by atoms with Gasteiger partial charge >= 0.3 is 0 Å². The SMILES string of the molecule is O=C(NCC(C1CC1)C1CC1)c1ccccc1O. The third kappa shape index (κ3) is 2.50. The predicted octanol–water partition coefficient (Wildman–Crippen LogP) is 2.56. The van der Waals surface area contributed by atoms with Gasteiger partial charge in [0.05, 0.1) is 5.56 Å². The molecule has 1 amide bonds. The van der Waals surface area contributed by atoms with Crippen LogP contribution in [0, 0.1) is 17.8 Å². The molecular weight excluding hydrogens is 226 g/mol. The number of amides is 1. The van der Waals surface area contributed by atoms with Crippen molar-refractivity contribution in [3.8, 4) is 5.75 Å². The molecule has 18 heavy (non-hydrogen) atoms. The summed E-state index contributed by atoms with van der Waals surface area (Å²) >= 11 is 0. The van der Waals surface area contributed by atoms with Gasteiger partial charge in [-0.25, -0.2) is 0 Å². The number of rotatable bonds is 5. The lowest BCUT2D eigenvalue weighted by Crippen LogP contribution is -2.31. The summed E-state index contributed by atoms with van der Waals surface area (Å²) in [6.07, 6.45) is 5.31. The molecule has 3 nitrogen and oxygen atoms in total. The number of hydrogen-bond acceptors (Lipinski definition) is 2. The van der Waals surface area contributed by atoms with Crippen LogP contribution in [0.15, 0.2) is 24.3 Å². The molecule has 0 aromatic heterocycles. The van der Waals surface area contributed by atoms with Crippen molar-refractivity contribution in [1.82, 2.24) is 5.32 Å². The highest BCUT2D eigenvalue weighted by Gasteiger charge is 2.41. The first-order valence-electron chi connectivity index (χ1n) is 6.82. The van der Waals surface area contributed by atoms with Crippen LogP contribution in [0.2, 0.25) is 0 Å². The Morgan fingerprint density at radius 2 is 1.83 bits per heavy atom. The zero-order valence-electron chi connectivity index (χ0n) is 10.4. The molecule has 1 aromatic rings.